The topological polar surface area (TPSA) is 61.8 Å². The molecule has 1 rings (SSSR count). The fraction of sp³-hybridized carbons (Fsp3) is 0.692. The van der Waals surface area contributed by atoms with E-state index in [1.165, 1.54) is 0 Å². The molecule has 1 fully saturated rings. The van der Waals surface area contributed by atoms with Gasteiger partial charge in [-0.05, 0) is 19.8 Å². The van der Waals surface area contributed by atoms with E-state index in [4.69, 9.17) is 14.2 Å². The number of hydrogen-bond donors (Lipinski definition) is 0. The molecule has 0 aromatic heterocycles. The summed E-state index contributed by atoms with van der Waals surface area (Å²) < 4.78 is 15.4. The van der Waals surface area contributed by atoms with Crippen molar-refractivity contribution in [1.29, 1.82) is 0 Å². The number of unbranched alkanes of at least 4 members (excludes halogenated alkanes) is 1. The third kappa shape index (κ3) is 7.22. The zero-order valence-corrected chi connectivity index (χ0v) is 12.0. The summed E-state index contributed by atoms with van der Waals surface area (Å²) in [5, 5.41) is 0. The first kappa shape index (κ1) is 16.0. The molecule has 108 valence electrons. The molecular weight excluding hydrogens is 268 g/mol. The van der Waals surface area contributed by atoms with Crippen LogP contribution in [0.25, 0.3) is 0 Å². The van der Waals surface area contributed by atoms with Gasteiger partial charge in [0.2, 0.25) is 6.29 Å². The highest BCUT2D eigenvalue weighted by Gasteiger charge is 2.18. The Morgan fingerprint density at radius 1 is 1.42 bits per heavy atom. The molecule has 0 aromatic carbocycles. The van der Waals surface area contributed by atoms with E-state index in [2.05, 4.69) is 6.58 Å². The lowest BCUT2D eigenvalue weighted by molar-refractivity contribution is -0.173. The molecule has 0 spiro atoms. The maximum absolute atomic E-state index is 11.5. The Hall–Kier alpha value is -1.01. The van der Waals surface area contributed by atoms with Gasteiger partial charge >= 0.3 is 11.9 Å². The summed E-state index contributed by atoms with van der Waals surface area (Å²) in [5.41, 5.74) is 0.381. The quantitative estimate of drug-likeness (QED) is 0.405. The SMILES string of the molecule is C=C(C)C(=O)OCCCCC(=O)OC1CSCCO1. The maximum atomic E-state index is 11.5. The summed E-state index contributed by atoms with van der Waals surface area (Å²) in [7, 11) is 0. The van der Waals surface area contributed by atoms with Gasteiger partial charge in [0, 0.05) is 17.7 Å². The molecule has 0 amide bonds. The molecule has 1 aliphatic rings. The van der Waals surface area contributed by atoms with Crippen LogP contribution in [0.4, 0.5) is 0 Å². The van der Waals surface area contributed by atoms with E-state index in [9.17, 15) is 9.59 Å². The van der Waals surface area contributed by atoms with Gasteiger partial charge in [-0.15, -0.1) is 0 Å². The van der Waals surface area contributed by atoms with E-state index in [0.717, 1.165) is 5.75 Å². The minimum absolute atomic E-state index is 0.265. The molecule has 1 saturated heterocycles. The first-order valence-corrected chi connectivity index (χ1v) is 7.46. The van der Waals surface area contributed by atoms with Crippen LogP contribution in [0, 0.1) is 0 Å². The smallest absolute Gasteiger partial charge is 0.333 e. The molecule has 0 bridgehead atoms. The second kappa shape index (κ2) is 8.98. The zero-order chi connectivity index (χ0) is 14.1. The van der Waals surface area contributed by atoms with Crippen LogP contribution in [0.3, 0.4) is 0 Å². The predicted molar refractivity (Wildman–Crippen MR) is 72.8 cm³/mol. The van der Waals surface area contributed by atoms with E-state index in [1.807, 2.05) is 0 Å². The number of ether oxygens (including phenoxy) is 3. The van der Waals surface area contributed by atoms with E-state index in [1.54, 1.807) is 18.7 Å². The fourth-order valence-corrected chi connectivity index (χ4v) is 2.14. The molecular formula is C13H20O5S. The molecule has 0 aromatic rings. The Bertz CT molecular complexity index is 323. The van der Waals surface area contributed by atoms with Crippen LogP contribution < -0.4 is 0 Å². The molecule has 0 N–H and O–H groups in total. The molecule has 6 heteroatoms. The minimum Gasteiger partial charge on any atom is -0.462 e. The number of esters is 2. The van der Waals surface area contributed by atoms with E-state index in [0.29, 0.717) is 43.8 Å². The molecule has 19 heavy (non-hydrogen) atoms. The second-order valence-electron chi connectivity index (χ2n) is 4.24. The Labute approximate surface area is 117 Å². The molecule has 1 heterocycles. The second-order valence-corrected chi connectivity index (χ2v) is 5.39. The highest BCUT2D eigenvalue weighted by Crippen LogP contribution is 2.14. The average Bonchev–Trinajstić information content (AvgIpc) is 2.39. The van der Waals surface area contributed by atoms with Gasteiger partial charge in [-0.2, -0.15) is 11.8 Å². The third-order valence-corrected chi connectivity index (χ3v) is 3.37. The summed E-state index contributed by atoms with van der Waals surface area (Å²) in [6.45, 7) is 6.01. The van der Waals surface area contributed by atoms with Gasteiger partial charge < -0.3 is 14.2 Å². The molecule has 1 unspecified atom stereocenters. The minimum atomic E-state index is -0.410. The fourth-order valence-electron chi connectivity index (χ4n) is 1.40. The van der Waals surface area contributed by atoms with Gasteiger partial charge in [0.1, 0.15) is 0 Å². The molecule has 5 nitrogen and oxygen atoms in total. The van der Waals surface area contributed by atoms with Crippen LogP contribution in [-0.2, 0) is 23.8 Å². The molecule has 1 atom stereocenters. The van der Waals surface area contributed by atoms with Gasteiger partial charge in [-0.25, -0.2) is 4.79 Å². The van der Waals surface area contributed by atoms with Crippen molar-refractivity contribution in [2.45, 2.75) is 32.5 Å². The lowest BCUT2D eigenvalue weighted by Crippen LogP contribution is -2.28. The van der Waals surface area contributed by atoms with Gasteiger partial charge in [0.15, 0.2) is 0 Å². The average molecular weight is 288 g/mol. The van der Waals surface area contributed by atoms with Crippen molar-refractivity contribution in [3.63, 3.8) is 0 Å². The number of carbonyl (C=O) groups excluding carboxylic acids is 2. The maximum Gasteiger partial charge on any atom is 0.333 e. The van der Waals surface area contributed by atoms with Gasteiger partial charge in [0.05, 0.1) is 19.0 Å². The lowest BCUT2D eigenvalue weighted by atomic mass is 10.2. The first-order valence-electron chi connectivity index (χ1n) is 6.31. The number of hydrogen-bond acceptors (Lipinski definition) is 6. The normalized spacial score (nSPS) is 18.7. The zero-order valence-electron chi connectivity index (χ0n) is 11.2. The van der Waals surface area contributed by atoms with Gasteiger partial charge in [-0.3, -0.25) is 4.79 Å². The van der Waals surface area contributed by atoms with Gasteiger partial charge in [-0.1, -0.05) is 6.58 Å². The van der Waals surface area contributed by atoms with Crippen LogP contribution in [0.1, 0.15) is 26.2 Å². The molecule has 0 saturated carbocycles. The van der Waals surface area contributed by atoms with E-state index >= 15 is 0 Å². The largest absolute Gasteiger partial charge is 0.462 e. The Morgan fingerprint density at radius 3 is 2.84 bits per heavy atom. The van der Waals surface area contributed by atoms with Crippen LogP contribution in [-0.4, -0.2) is 42.9 Å². The summed E-state index contributed by atoms with van der Waals surface area (Å²) in [6.07, 6.45) is 1.17. The highest BCUT2D eigenvalue weighted by atomic mass is 32.2. The van der Waals surface area contributed by atoms with Crippen molar-refractivity contribution in [2.24, 2.45) is 0 Å². The van der Waals surface area contributed by atoms with Crippen molar-refractivity contribution < 1.29 is 23.8 Å². The molecule has 1 aliphatic heterocycles. The first-order chi connectivity index (χ1) is 9.09. The van der Waals surface area contributed by atoms with Crippen LogP contribution in [0.2, 0.25) is 0 Å². The summed E-state index contributed by atoms with van der Waals surface area (Å²) in [6, 6.07) is 0. The van der Waals surface area contributed by atoms with Crippen LogP contribution in [0.5, 0.6) is 0 Å². The van der Waals surface area contributed by atoms with Crippen molar-refractivity contribution in [3.8, 4) is 0 Å². The molecule has 0 radical (unpaired) electrons. The Balaban J connectivity index is 2.00. The standard InChI is InChI=1S/C13H20O5S/c1-10(2)13(15)17-6-4-3-5-11(14)18-12-9-19-8-7-16-12/h12H,1,3-9H2,2H3. The number of rotatable bonds is 7. The van der Waals surface area contributed by atoms with Crippen molar-refractivity contribution >= 4 is 23.7 Å². The van der Waals surface area contributed by atoms with Crippen LogP contribution >= 0.6 is 11.8 Å². The number of thioether (sulfide) groups is 1. The Kier molecular flexibility index (Phi) is 7.59. The summed E-state index contributed by atoms with van der Waals surface area (Å²) in [5.74, 6) is 0.985. The van der Waals surface area contributed by atoms with Gasteiger partial charge in [0.25, 0.3) is 0 Å². The predicted octanol–water partition coefficient (Wildman–Crippen LogP) is 1.91. The van der Waals surface area contributed by atoms with Crippen molar-refractivity contribution in [2.75, 3.05) is 24.7 Å². The molecule has 0 aliphatic carbocycles. The third-order valence-electron chi connectivity index (χ3n) is 2.41. The Morgan fingerprint density at radius 2 is 2.21 bits per heavy atom. The van der Waals surface area contributed by atoms with Crippen molar-refractivity contribution in [1.82, 2.24) is 0 Å². The van der Waals surface area contributed by atoms with E-state index in [-0.39, 0.29) is 5.97 Å². The van der Waals surface area contributed by atoms with E-state index < -0.39 is 12.3 Å². The van der Waals surface area contributed by atoms with Crippen molar-refractivity contribution in [3.05, 3.63) is 12.2 Å². The summed E-state index contributed by atoms with van der Waals surface area (Å²) in [4.78, 5) is 22.6. The number of carbonyl (C=O) groups is 2. The summed E-state index contributed by atoms with van der Waals surface area (Å²) >= 11 is 1.71. The monoisotopic (exact) mass is 288 g/mol. The lowest BCUT2D eigenvalue weighted by Gasteiger charge is -2.21. The van der Waals surface area contributed by atoms with Crippen LogP contribution in [0.15, 0.2) is 12.2 Å². The highest BCUT2D eigenvalue weighted by molar-refractivity contribution is 7.99.